The Kier molecular flexibility index (Phi) is 64.7. The number of carbonyl (C=O) groups is 3. The van der Waals surface area contributed by atoms with Gasteiger partial charge >= 0.3 is 17.9 Å². The second kappa shape index (κ2) is 67.8. The molecule has 0 aromatic carbocycles. The van der Waals surface area contributed by atoms with Crippen molar-refractivity contribution in [3.63, 3.8) is 0 Å². The molecule has 0 aliphatic heterocycles. The van der Waals surface area contributed by atoms with Gasteiger partial charge in [-0.05, 0) is 103 Å². The third-order valence-electron chi connectivity index (χ3n) is 14.8. The summed E-state index contributed by atoms with van der Waals surface area (Å²) in [4.78, 5) is 38.3. The van der Waals surface area contributed by atoms with E-state index in [9.17, 15) is 14.4 Å². The molecule has 0 aromatic rings. The molecule has 0 saturated heterocycles. The van der Waals surface area contributed by atoms with Gasteiger partial charge in [-0.2, -0.15) is 0 Å². The number of unbranched alkanes of at least 4 members (excludes halogenated alkanes) is 36. The lowest BCUT2D eigenvalue weighted by Crippen LogP contribution is -2.30. The van der Waals surface area contributed by atoms with Crippen LogP contribution in [0.3, 0.4) is 0 Å². The van der Waals surface area contributed by atoms with E-state index < -0.39 is 12.1 Å². The Bertz CT molecular complexity index is 1560. The highest BCUT2D eigenvalue weighted by Crippen LogP contribution is 2.17. The summed E-state index contributed by atoms with van der Waals surface area (Å²) in [6.07, 6.45) is 91.8. The Morgan fingerprint density at radius 3 is 0.887 bits per heavy atom. The summed E-state index contributed by atoms with van der Waals surface area (Å²) in [6, 6.07) is 0. The average Bonchev–Trinajstić information content (AvgIpc) is 3.46. The monoisotopic (exact) mass is 1110 g/mol. The first-order chi connectivity index (χ1) is 39.5. The molecular weight excluding hydrogens is 985 g/mol. The van der Waals surface area contributed by atoms with Gasteiger partial charge in [0.2, 0.25) is 0 Å². The van der Waals surface area contributed by atoms with Crippen molar-refractivity contribution in [3.05, 3.63) is 97.2 Å². The lowest BCUT2D eigenvalue weighted by Gasteiger charge is -2.18. The first kappa shape index (κ1) is 76.3. The summed E-state index contributed by atoms with van der Waals surface area (Å²) >= 11 is 0. The zero-order chi connectivity index (χ0) is 57.8. The Hall–Kier alpha value is -3.67. The third kappa shape index (κ3) is 65.1. The van der Waals surface area contributed by atoms with E-state index in [0.717, 1.165) is 89.9 Å². The summed E-state index contributed by atoms with van der Waals surface area (Å²) < 4.78 is 16.8. The molecule has 460 valence electrons. The lowest BCUT2D eigenvalue weighted by molar-refractivity contribution is -0.166. The summed E-state index contributed by atoms with van der Waals surface area (Å²) in [6.45, 7) is 6.45. The van der Waals surface area contributed by atoms with Crippen LogP contribution in [0.15, 0.2) is 97.2 Å². The Balaban J connectivity index is 4.26. The molecule has 1 unspecified atom stereocenters. The molecule has 0 radical (unpaired) electrons. The zero-order valence-electron chi connectivity index (χ0n) is 52.8. The van der Waals surface area contributed by atoms with Gasteiger partial charge in [-0.3, -0.25) is 14.4 Å². The van der Waals surface area contributed by atoms with Crippen LogP contribution in [0.4, 0.5) is 0 Å². The fourth-order valence-electron chi connectivity index (χ4n) is 9.72. The van der Waals surface area contributed by atoms with Crippen LogP contribution in [-0.4, -0.2) is 37.2 Å². The minimum absolute atomic E-state index is 0.108. The third-order valence-corrected chi connectivity index (χ3v) is 14.8. The molecule has 0 amide bonds. The molecule has 0 rings (SSSR count). The van der Waals surface area contributed by atoms with Crippen LogP contribution in [0.5, 0.6) is 0 Å². The van der Waals surface area contributed by atoms with E-state index in [-0.39, 0.29) is 31.6 Å². The van der Waals surface area contributed by atoms with Gasteiger partial charge in [-0.25, -0.2) is 0 Å². The molecule has 0 fully saturated rings. The average molecular weight is 1110 g/mol. The maximum absolute atomic E-state index is 12.9. The van der Waals surface area contributed by atoms with Gasteiger partial charge in [0.15, 0.2) is 6.10 Å². The topological polar surface area (TPSA) is 78.9 Å². The molecule has 0 aromatic heterocycles. The van der Waals surface area contributed by atoms with Crippen molar-refractivity contribution >= 4 is 17.9 Å². The van der Waals surface area contributed by atoms with Gasteiger partial charge in [0.05, 0.1) is 6.42 Å². The Labute approximate surface area is 496 Å². The van der Waals surface area contributed by atoms with E-state index >= 15 is 0 Å². The lowest BCUT2D eigenvalue weighted by atomic mass is 10.0. The number of hydrogen-bond donors (Lipinski definition) is 0. The molecule has 0 saturated carbocycles. The fraction of sp³-hybridized carbons (Fsp3) is 0.743. The molecule has 6 heteroatoms. The first-order valence-corrected chi connectivity index (χ1v) is 34.2. The van der Waals surface area contributed by atoms with Gasteiger partial charge in [0, 0.05) is 12.8 Å². The molecule has 0 N–H and O–H groups in total. The van der Waals surface area contributed by atoms with Crippen molar-refractivity contribution in [1.29, 1.82) is 0 Å². The van der Waals surface area contributed by atoms with Crippen LogP contribution in [0, 0.1) is 0 Å². The Morgan fingerprint density at radius 2 is 0.537 bits per heavy atom. The van der Waals surface area contributed by atoms with Crippen molar-refractivity contribution in [3.8, 4) is 0 Å². The van der Waals surface area contributed by atoms with Gasteiger partial charge in [0.25, 0.3) is 0 Å². The van der Waals surface area contributed by atoms with Crippen molar-refractivity contribution < 1.29 is 28.6 Å². The number of carbonyl (C=O) groups excluding carboxylic acids is 3. The summed E-state index contributed by atoms with van der Waals surface area (Å²) in [7, 11) is 0. The molecule has 0 heterocycles. The quantitative estimate of drug-likeness (QED) is 0.0261. The summed E-state index contributed by atoms with van der Waals surface area (Å²) in [5, 5.41) is 0. The van der Waals surface area contributed by atoms with Gasteiger partial charge < -0.3 is 14.2 Å². The largest absolute Gasteiger partial charge is 0.462 e. The number of esters is 3. The molecule has 1 atom stereocenters. The number of allylic oxidation sites excluding steroid dienone is 15. The van der Waals surface area contributed by atoms with E-state index in [2.05, 4.69) is 106 Å². The maximum atomic E-state index is 12.9. The van der Waals surface area contributed by atoms with Crippen LogP contribution in [0.25, 0.3) is 0 Å². The SMILES string of the molecule is CC/C=C\C/C=C\C/C=C\C/C=C\C/C=C\CC(=O)OCC(COC(=O)CCCCCCCCCCCCCCCCCCCCC/C=C\C/C=C\CCCCCCC)OC(=O)CCCCCCC/C=C\CCCCCCCCC. The minimum Gasteiger partial charge on any atom is -0.462 e. The van der Waals surface area contributed by atoms with Gasteiger partial charge in [0.1, 0.15) is 13.2 Å². The van der Waals surface area contributed by atoms with Crippen LogP contribution in [0.2, 0.25) is 0 Å². The van der Waals surface area contributed by atoms with E-state index in [4.69, 9.17) is 14.2 Å². The number of rotatable bonds is 62. The molecule has 6 nitrogen and oxygen atoms in total. The van der Waals surface area contributed by atoms with Crippen LogP contribution in [0.1, 0.15) is 335 Å². The molecule has 0 bridgehead atoms. The minimum atomic E-state index is -0.822. The highest BCUT2D eigenvalue weighted by Gasteiger charge is 2.19. The van der Waals surface area contributed by atoms with Gasteiger partial charge in [-0.15, -0.1) is 0 Å². The normalized spacial score (nSPS) is 12.7. The summed E-state index contributed by atoms with van der Waals surface area (Å²) in [5.74, 6) is -1.04. The number of hydrogen-bond acceptors (Lipinski definition) is 6. The van der Waals surface area contributed by atoms with Crippen LogP contribution in [-0.2, 0) is 28.6 Å². The molecule has 0 spiro atoms. The van der Waals surface area contributed by atoms with E-state index in [1.807, 2.05) is 6.08 Å². The molecule has 80 heavy (non-hydrogen) atoms. The summed E-state index contributed by atoms with van der Waals surface area (Å²) in [5.41, 5.74) is 0. The van der Waals surface area contributed by atoms with Crippen molar-refractivity contribution in [2.45, 2.75) is 341 Å². The van der Waals surface area contributed by atoms with Gasteiger partial charge in [-0.1, -0.05) is 311 Å². The fourth-order valence-corrected chi connectivity index (χ4v) is 9.72. The van der Waals surface area contributed by atoms with Crippen LogP contribution >= 0.6 is 0 Å². The predicted molar refractivity (Wildman–Crippen MR) is 348 cm³/mol. The predicted octanol–water partition coefficient (Wildman–Crippen LogP) is 23.6. The second-order valence-corrected chi connectivity index (χ2v) is 22.7. The van der Waals surface area contributed by atoms with E-state index in [0.29, 0.717) is 12.8 Å². The van der Waals surface area contributed by atoms with Crippen molar-refractivity contribution in [1.82, 2.24) is 0 Å². The number of ether oxygens (including phenoxy) is 3. The Morgan fingerprint density at radius 1 is 0.275 bits per heavy atom. The smallest absolute Gasteiger partial charge is 0.309 e. The van der Waals surface area contributed by atoms with Crippen molar-refractivity contribution in [2.75, 3.05) is 13.2 Å². The van der Waals surface area contributed by atoms with E-state index in [1.54, 1.807) is 6.08 Å². The highest BCUT2D eigenvalue weighted by molar-refractivity contribution is 5.72. The molecule has 0 aliphatic rings. The molecule has 0 aliphatic carbocycles. The van der Waals surface area contributed by atoms with E-state index in [1.165, 1.54) is 205 Å². The highest BCUT2D eigenvalue weighted by atomic mass is 16.6. The first-order valence-electron chi connectivity index (χ1n) is 34.2. The standard InChI is InChI=1S/C74H128O6/c1-4-7-10-13-16-19-22-25-28-30-31-32-33-34-35-36-37-38-39-40-41-42-43-44-47-49-52-55-58-61-64-67-73(76)79-70-71(69-78-72(75)66-63-60-57-54-51-48-45-27-24-21-18-15-12-9-6-3)80-74(77)68-65-62-59-56-53-50-46-29-26-23-20-17-14-11-8-5-2/h9,12,18,21-22,25,27,29-31,45-46,51,54,60,63,71H,4-8,10-11,13-17,19-20,23-24,26,28,32-44,47-50,52-53,55-59,61-62,64-70H2,1-3H3/b12-9-,21-18-,25-22-,31-30-,45-27-,46-29-,54-51-,63-60-. The van der Waals surface area contributed by atoms with Crippen molar-refractivity contribution in [2.24, 2.45) is 0 Å². The van der Waals surface area contributed by atoms with Crippen LogP contribution < -0.4 is 0 Å². The zero-order valence-corrected chi connectivity index (χ0v) is 52.8. The molecular formula is C74H128O6. The maximum Gasteiger partial charge on any atom is 0.309 e. The second-order valence-electron chi connectivity index (χ2n) is 22.7.